The molecular formula is H8O4TiZnZr. The van der Waals surface area contributed by atoms with Gasteiger partial charge in [-0.3, -0.25) is 0 Å². The second-order valence-electron chi connectivity index (χ2n) is 0. The van der Waals surface area contributed by atoms with Gasteiger partial charge in [0.25, 0.3) is 0 Å². The molecule has 0 aromatic heterocycles. The maximum Gasteiger partial charge on any atom is 0 e. The molecule has 8 N–H and O–H groups in total. The molecule has 0 aliphatic heterocycles. The van der Waals surface area contributed by atoms with Crippen LogP contribution in [0.15, 0.2) is 0 Å². The zero-order valence-electron chi connectivity index (χ0n) is 3.71. The van der Waals surface area contributed by atoms with Gasteiger partial charge in [-0.2, -0.15) is 0 Å². The largest absolute Gasteiger partial charge is 0.412 e. The zero-order chi connectivity index (χ0) is 0. The predicted molar refractivity (Wildman–Crippen MR) is 14.5 cm³/mol. The SMILES string of the molecule is O.O.O.O.[Ti].[Zn].[Zr]. The minimum atomic E-state index is 0. The summed E-state index contributed by atoms with van der Waals surface area (Å²) in [5.41, 5.74) is 0. The van der Waals surface area contributed by atoms with Gasteiger partial charge in [0.05, 0.1) is 0 Å². The Hall–Kier alpha value is 2.06. The molecule has 0 unspecified atom stereocenters. The van der Waals surface area contributed by atoms with Crippen LogP contribution < -0.4 is 0 Å². The van der Waals surface area contributed by atoms with Crippen molar-refractivity contribution in [2.24, 2.45) is 0 Å². The standard InChI is InChI=1S/4H2O.Ti.Zn.Zr/h4*1H2;;;. The normalized spacial score (nSPS) is 0. The summed E-state index contributed by atoms with van der Waals surface area (Å²) in [4.78, 5) is 0. The Morgan fingerprint density at radius 2 is 0.571 bits per heavy atom. The molecule has 0 aliphatic rings. The maximum atomic E-state index is 0. The van der Waals surface area contributed by atoms with Crippen molar-refractivity contribution in [3.8, 4) is 0 Å². The number of rotatable bonds is 0. The Morgan fingerprint density at radius 3 is 0.571 bits per heavy atom. The summed E-state index contributed by atoms with van der Waals surface area (Å²) in [5.74, 6) is 0. The van der Waals surface area contributed by atoms with E-state index in [2.05, 4.69) is 0 Å². The molecule has 0 aromatic rings. The van der Waals surface area contributed by atoms with Crippen molar-refractivity contribution in [3.05, 3.63) is 0 Å². The molecule has 0 rings (SSSR count). The summed E-state index contributed by atoms with van der Waals surface area (Å²) in [7, 11) is 0. The first-order valence-corrected chi connectivity index (χ1v) is 0. The van der Waals surface area contributed by atoms with Gasteiger partial charge >= 0.3 is 0 Å². The Kier molecular flexibility index (Phi) is 1870. The average Bonchev–Trinajstić information content (AvgIpc) is 0. The van der Waals surface area contributed by atoms with Crippen molar-refractivity contribution in [2.75, 3.05) is 0 Å². The minimum Gasteiger partial charge on any atom is -0.412 e. The molecule has 0 aliphatic carbocycles. The molecule has 0 radical (unpaired) electrons. The Bertz CT molecular complexity index is 11.7. The maximum absolute atomic E-state index is 0. The molecule has 7 heteroatoms. The van der Waals surface area contributed by atoms with Crippen LogP contribution in [0.25, 0.3) is 0 Å². The molecule has 0 amide bonds. The molecule has 4 nitrogen and oxygen atoms in total. The summed E-state index contributed by atoms with van der Waals surface area (Å²) in [6, 6.07) is 0. The van der Waals surface area contributed by atoms with Crippen molar-refractivity contribution in [2.45, 2.75) is 0 Å². The topological polar surface area (TPSA) is 126 Å². The fourth-order valence-corrected chi connectivity index (χ4v) is 0. The summed E-state index contributed by atoms with van der Waals surface area (Å²) in [5, 5.41) is 0. The third-order valence-electron chi connectivity index (χ3n) is 0. The third-order valence-corrected chi connectivity index (χ3v) is 0. The molecule has 0 aromatic carbocycles. The molecular weight excluding hydrogens is 268 g/mol. The van der Waals surface area contributed by atoms with Gasteiger partial charge in [0.1, 0.15) is 0 Å². The summed E-state index contributed by atoms with van der Waals surface area (Å²) < 4.78 is 0. The van der Waals surface area contributed by atoms with Crippen LogP contribution in [0.2, 0.25) is 0 Å². The molecule has 0 bridgehead atoms. The van der Waals surface area contributed by atoms with Crippen molar-refractivity contribution in [1.82, 2.24) is 0 Å². The first-order valence-electron chi connectivity index (χ1n) is 0. The molecule has 0 atom stereocenters. The van der Waals surface area contributed by atoms with E-state index in [1.807, 2.05) is 0 Å². The summed E-state index contributed by atoms with van der Waals surface area (Å²) >= 11 is 0. The average molecular weight is 277 g/mol. The van der Waals surface area contributed by atoms with Crippen LogP contribution in [0.1, 0.15) is 0 Å². The van der Waals surface area contributed by atoms with E-state index in [-0.39, 0.29) is 89.3 Å². The first-order chi connectivity index (χ1) is 0. The molecule has 42 valence electrons. The van der Waals surface area contributed by atoms with E-state index < -0.39 is 0 Å². The van der Waals surface area contributed by atoms with Crippen molar-refractivity contribution in [1.29, 1.82) is 0 Å². The summed E-state index contributed by atoms with van der Waals surface area (Å²) in [6.45, 7) is 0. The molecule has 0 fully saturated rings. The molecule has 0 spiro atoms. The van der Waals surface area contributed by atoms with Crippen LogP contribution >= 0.6 is 0 Å². The Morgan fingerprint density at radius 1 is 0.571 bits per heavy atom. The van der Waals surface area contributed by atoms with E-state index in [1.54, 1.807) is 0 Å². The van der Waals surface area contributed by atoms with Crippen LogP contribution in [0.3, 0.4) is 0 Å². The molecule has 0 saturated carbocycles. The van der Waals surface area contributed by atoms with Gasteiger partial charge in [-0.1, -0.05) is 0 Å². The van der Waals surface area contributed by atoms with Crippen LogP contribution in [-0.2, 0) is 67.4 Å². The van der Waals surface area contributed by atoms with Crippen LogP contribution in [0.5, 0.6) is 0 Å². The first kappa shape index (κ1) is 139. The van der Waals surface area contributed by atoms with Gasteiger partial charge in [0.2, 0.25) is 0 Å². The third kappa shape index (κ3) is 69.7. The van der Waals surface area contributed by atoms with Gasteiger partial charge in [-0.25, -0.2) is 0 Å². The van der Waals surface area contributed by atoms with Gasteiger partial charge in [0.15, 0.2) is 0 Å². The fourth-order valence-electron chi connectivity index (χ4n) is 0. The van der Waals surface area contributed by atoms with Gasteiger partial charge in [-0.15, -0.1) is 0 Å². The Balaban J connectivity index is 0. The van der Waals surface area contributed by atoms with E-state index >= 15 is 0 Å². The van der Waals surface area contributed by atoms with E-state index in [0.717, 1.165) is 0 Å². The van der Waals surface area contributed by atoms with Gasteiger partial charge in [0, 0.05) is 67.4 Å². The van der Waals surface area contributed by atoms with Crippen molar-refractivity contribution >= 4 is 0 Å². The molecule has 7 heavy (non-hydrogen) atoms. The monoisotopic (exact) mass is 274 g/mol. The second kappa shape index (κ2) is 94.6. The van der Waals surface area contributed by atoms with Gasteiger partial charge in [-0.05, 0) is 0 Å². The summed E-state index contributed by atoms with van der Waals surface area (Å²) in [6.07, 6.45) is 0. The fraction of sp³-hybridized carbons (Fsp3) is 0. The smallest absolute Gasteiger partial charge is 0 e. The van der Waals surface area contributed by atoms with E-state index in [9.17, 15) is 0 Å². The minimum absolute atomic E-state index is 0. The molecule has 0 heterocycles. The predicted octanol–water partition coefficient (Wildman–Crippen LogP) is -3.31. The van der Waals surface area contributed by atoms with Crippen molar-refractivity contribution in [3.63, 3.8) is 0 Å². The van der Waals surface area contributed by atoms with Crippen LogP contribution in [0.4, 0.5) is 0 Å². The van der Waals surface area contributed by atoms with E-state index in [0.29, 0.717) is 0 Å². The molecule has 0 saturated heterocycles. The van der Waals surface area contributed by atoms with Crippen LogP contribution in [-0.4, -0.2) is 21.9 Å². The Labute approximate surface area is 88.4 Å². The van der Waals surface area contributed by atoms with E-state index in [4.69, 9.17) is 0 Å². The van der Waals surface area contributed by atoms with Crippen LogP contribution in [0, 0.1) is 0 Å². The van der Waals surface area contributed by atoms with Gasteiger partial charge < -0.3 is 21.9 Å². The quantitative estimate of drug-likeness (QED) is 0.411. The number of hydrogen-bond donors (Lipinski definition) is 0. The zero-order valence-corrected chi connectivity index (χ0v) is 10.7. The van der Waals surface area contributed by atoms with E-state index in [1.165, 1.54) is 0 Å². The number of hydrogen-bond acceptors (Lipinski definition) is 0. The van der Waals surface area contributed by atoms with Crippen molar-refractivity contribution < 1.29 is 89.3 Å². The second-order valence-corrected chi connectivity index (χ2v) is 0.